The molecular formula is C9H11NS. The first-order chi connectivity index (χ1) is 5.47. The van der Waals surface area contributed by atoms with E-state index in [4.69, 9.17) is 0 Å². The predicted octanol–water partition coefficient (Wildman–Crippen LogP) is 3.04. The van der Waals surface area contributed by atoms with Crippen molar-refractivity contribution in [1.29, 1.82) is 0 Å². The zero-order valence-electron chi connectivity index (χ0n) is 6.36. The van der Waals surface area contributed by atoms with Gasteiger partial charge in [0.15, 0.2) is 0 Å². The van der Waals surface area contributed by atoms with Crippen molar-refractivity contribution >= 4 is 17.6 Å². The lowest BCUT2D eigenvalue weighted by Crippen LogP contribution is -1.99. The Bertz CT molecular complexity index is 238. The molecule has 1 aromatic rings. The van der Waals surface area contributed by atoms with Crippen molar-refractivity contribution < 1.29 is 0 Å². The molecule has 0 aromatic carbocycles. The summed E-state index contributed by atoms with van der Waals surface area (Å²) in [4.78, 5) is 4.45. The minimum Gasteiger partial charge on any atom is -0.289 e. The molecule has 0 saturated carbocycles. The average Bonchev–Trinajstić information content (AvgIpc) is 2.58. The number of aliphatic imine (C=N–C) groups is 1. The lowest BCUT2D eigenvalue weighted by Gasteiger charge is -2.13. The number of rotatable bonds is 1. The monoisotopic (exact) mass is 165 g/mol. The van der Waals surface area contributed by atoms with E-state index in [2.05, 4.69) is 28.0 Å². The first-order valence-electron chi connectivity index (χ1n) is 4.00. The summed E-state index contributed by atoms with van der Waals surface area (Å²) in [5.74, 6) is 0. The van der Waals surface area contributed by atoms with Crippen molar-refractivity contribution in [3.63, 3.8) is 0 Å². The van der Waals surface area contributed by atoms with Gasteiger partial charge < -0.3 is 0 Å². The summed E-state index contributed by atoms with van der Waals surface area (Å²) in [6.07, 6.45) is 5.75. The van der Waals surface area contributed by atoms with Gasteiger partial charge in [-0.25, -0.2) is 0 Å². The van der Waals surface area contributed by atoms with Gasteiger partial charge in [0.1, 0.15) is 0 Å². The van der Waals surface area contributed by atoms with E-state index in [1.54, 1.807) is 11.3 Å². The molecule has 2 rings (SSSR count). The fourth-order valence-corrected chi connectivity index (χ4v) is 2.10. The Hall–Kier alpha value is -0.630. The summed E-state index contributed by atoms with van der Waals surface area (Å²) < 4.78 is 0. The molecule has 2 heteroatoms. The van der Waals surface area contributed by atoms with E-state index in [1.807, 2.05) is 0 Å². The Balaban J connectivity index is 2.16. The fourth-order valence-electron chi connectivity index (χ4n) is 1.40. The molecule has 0 N–H and O–H groups in total. The van der Waals surface area contributed by atoms with Crippen LogP contribution >= 0.6 is 11.3 Å². The molecule has 1 atom stereocenters. The summed E-state index contributed by atoms with van der Waals surface area (Å²) in [6.45, 7) is 0. The minimum atomic E-state index is 0.468. The normalized spacial score (nSPS) is 23.8. The molecule has 1 nitrogen and oxygen atoms in total. The molecule has 0 aliphatic carbocycles. The van der Waals surface area contributed by atoms with E-state index < -0.39 is 0 Å². The third-order valence-electron chi connectivity index (χ3n) is 2.02. The molecule has 0 radical (unpaired) electrons. The third kappa shape index (κ3) is 1.51. The highest BCUT2D eigenvalue weighted by Crippen LogP contribution is 2.27. The fraction of sp³-hybridized carbons (Fsp3) is 0.444. The zero-order chi connectivity index (χ0) is 7.52. The van der Waals surface area contributed by atoms with Gasteiger partial charge >= 0.3 is 0 Å². The van der Waals surface area contributed by atoms with Crippen molar-refractivity contribution in [3.8, 4) is 0 Å². The summed E-state index contributed by atoms with van der Waals surface area (Å²) in [6, 6.07) is 2.65. The Morgan fingerprint density at radius 2 is 2.55 bits per heavy atom. The summed E-state index contributed by atoms with van der Waals surface area (Å²) in [5.41, 5.74) is 1.39. The van der Waals surface area contributed by atoms with E-state index in [9.17, 15) is 0 Å². The van der Waals surface area contributed by atoms with E-state index >= 15 is 0 Å². The zero-order valence-corrected chi connectivity index (χ0v) is 7.18. The van der Waals surface area contributed by atoms with E-state index in [0.717, 1.165) is 0 Å². The van der Waals surface area contributed by atoms with Gasteiger partial charge in [-0.2, -0.15) is 11.3 Å². The van der Waals surface area contributed by atoms with E-state index in [-0.39, 0.29) is 0 Å². The average molecular weight is 165 g/mol. The van der Waals surface area contributed by atoms with Gasteiger partial charge in [-0.1, -0.05) is 0 Å². The van der Waals surface area contributed by atoms with Gasteiger partial charge in [0, 0.05) is 0 Å². The molecule has 1 unspecified atom stereocenters. The first kappa shape index (κ1) is 7.04. The van der Waals surface area contributed by atoms with Gasteiger partial charge in [-0.3, -0.25) is 4.99 Å². The van der Waals surface area contributed by atoms with Crippen molar-refractivity contribution in [3.05, 3.63) is 22.4 Å². The predicted molar refractivity (Wildman–Crippen MR) is 49.4 cm³/mol. The summed E-state index contributed by atoms with van der Waals surface area (Å²) >= 11 is 1.76. The molecule has 58 valence electrons. The minimum absolute atomic E-state index is 0.468. The maximum Gasteiger partial charge on any atom is 0.0753 e. The van der Waals surface area contributed by atoms with E-state index in [0.29, 0.717) is 6.04 Å². The van der Waals surface area contributed by atoms with Crippen LogP contribution in [0, 0.1) is 0 Å². The number of hydrogen-bond donors (Lipinski definition) is 0. The van der Waals surface area contributed by atoms with Crippen molar-refractivity contribution in [2.24, 2.45) is 4.99 Å². The SMILES string of the molecule is C1=NC(c2ccsc2)CCC1. The van der Waals surface area contributed by atoms with Gasteiger partial charge in [0.25, 0.3) is 0 Å². The van der Waals surface area contributed by atoms with Gasteiger partial charge in [0.2, 0.25) is 0 Å². The van der Waals surface area contributed by atoms with Gasteiger partial charge in [-0.15, -0.1) is 0 Å². The molecule has 0 bridgehead atoms. The van der Waals surface area contributed by atoms with Crippen LogP contribution in [0.4, 0.5) is 0 Å². The topological polar surface area (TPSA) is 12.4 Å². The highest BCUT2D eigenvalue weighted by atomic mass is 32.1. The molecular weight excluding hydrogens is 154 g/mol. The quantitative estimate of drug-likeness (QED) is 0.606. The first-order valence-corrected chi connectivity index (χ1v) is 4.95. The molecule has 1 aromatic heterocycles. The van der Waals surface area contributed by atoms with Crippen LogP contribution in [0.5, 0.6) is 0 Å². The lowest BCUT2D eigenvalue weighted by atomic mass is 10.0. The third-order valence-corrected chi connectivity index (χ3v) is 2.73. The van der Waals surface area contributed by atoms with Gasteiger partial charge in [0.05, 0.1) is 6.04 Å². The maximum atomic E-state index is 4.45. The molecule has 1 aliphatic rings. The molecule has 0 saturated heterocycles. The van der Waals surface area contributed by atoms with Crippen molar-refractivity contribution in [1.82, 2.24) is 0 Å². The second-order valence-electron chi connectivity index (χ2n) is 2.84. The lowest BCUT2D eigenvalue weighted by molar-refractivity contribution is 0.605. The second kappa shape index (κ2) is 3.18. The second-order valence-corrected chi connectivity index (χ2v) is 3.62. The number of thiophene rings is 1. The van der Waals surface area contributed by atoms with Crippen LogP contribution in [0.2, 0.25) is 0 Å². The molecule has 1 aliphatic heterocycles. The van der Waals surface area contributed by atoms with Crippen molar-refractivity contribution in [2.45, 2.75) is 25.3 Å². The Morgan fingerprint density at radius 1 is 1.55 bits per heavy atom. The van der Waals surface area contributed by atoms with Crippen LogP contribution in [0.15, 0.2) is 21.8 Å². The molecule has 0 fully saturated rings. The summed E-state index contributed by atoms with van der Waals surface area (Å²) in [7, 11) is 0. The summed E-state index contributed by atoms with van der Waals surface area (Å²) in [5, 5.41) is 4.33. The number of nitrogens with zero attached hydrogens (tertiary/aromatic N) is 1. The molecule has 11 heavy (non-hydrogen) atoms. The maximum absolute atomic E-state index is 4.45. The molecule has 0 amide bonds. The van der Waals surface area contributed by atoms with Crippen LogP contribution in [0.3, 0.4) is 0 Å². The number of hydrogen-bond acceptors (Lipinski definition) is 2. The smallest absolute Gasteiger partial charge is 0.0753 e. The van der Waals surface area contributed by atoms with Crippen molar-refractivity contribution in [2.75, 3.05) is 0 Å². The van der Waals surface area contributed by atoms with Crippen LogP contribution in [-0.4, -0.2) is 6.21 Å². The highest BCUT2D eigenvalue weighted by molar-refractivity contribution is 7.07. The highest BCUT2D eigenvalue weighted by Gasteiger charge is 2.11. The van der Waals surface area contributed by atoms with Gasteiger partial charge in [-0.05, 0) is 47.9 Å². The Kier molecular flexibility index (Phi) is 2.04. The molecule has 2 heterocycles. The van der Waals surface area contributed by atoms with E-state index in [1.165, 1.54) is 24.8 Å². The van der Waals surface area contributed by atoms with Crippen LogP contribution in [0.1, 0.15) is 30.9 Å². The standard InChI is InChI=1S/C9H11NS/c1-2-5-10-9(3-1)8-4-6-11-7-8/h4-7,9H,1-3H2. The van der Waals surface area contributed by atoms with Crippen LogP contribution < -0.4 is 0 Å². The van der Waals surface area contributed by atoms with Crippen LogP contribution in [0.25, 0.3) is 0 Å². The largest absolute Gasteiger partial charge is 0.289 e. The Morgan fingerprint density at radius 3 is 3.18 bits per heavy atom. The van der Waals surface area contributed by atoms with Crippen LogP contribution in [-0.2, 0) is 0 Å². The molecule has 0 spiro atoms. The Labute approximate surface area is 70.8 Å².